The Balaban J connectivity index is 1.84. The van der Waals surface area contributed by atoms with E-state index < -0.39 is 0 Å². The third-order valence-corrected chi connectivity index (χ3v) is 3.35. The van der Waals surface area contributed by atoms with Crippen LogP contribution >= 0.6 is 0 Å². The molecule has 86 valence electrons. The van der Waals surface area contributed by atoms with E-state index in [2.05, 4.69) is 65.3 Å². The molecule has 0 unspecified atom stereocenters. The molecule has 1 N–H and O–H groups in total. The summed E-state index contributed by atoms with van der Waals surface area (Å²) in [5.41, 5.74) is 3.95. The van der Waals surface area contributed by atoms with Crippen LogP contribution in [0.15, 0.2) is 48.8 Å². The van der Waals surface area contributed by atoms with Crippen molar-refractivity contribution < 1.29 is 0 Å². The molecule has 3 aromatic rings. The predicted octanol–water partition coefficient (Wildman–Crippen LogP) is 3.52. The summed E-state index contributed by atoms with van der Waals surface area (Å²) in [6.07, 6.45) is 5.34. The minimum absolute atomic E-state index is 1.04. The molecule has 0 saturated heterocycles. The first-order chi connectivity index (χ1) is 8.34. The summed E-state index contributed by atoms with van der Waals surface area (Å²) in [5.74, 6) is 0. The van der Waals surface area contributed by atoms with Gasteiger partial charge >= 0.3 is 0 Å². The number of para-hydroxylation sites is 1. The van der Waals surface area contributed by atoms with Crippen molar-refractivity contribution in [2.45, 2.75) is 19.9 Å². The highest BCUT2D eigenvalue weighted by Gasteiger charge is 2.03. The molecule has 0 fully saturated rings. The zero-order valence-electron chi connectivity index (χ0n) is 9.98. The van der Waals surface area contributed by atoms with Crippen LogP contribution in [-0.4, -0.2) is 9.55 Å². The zero-order valence-corrected chi connectivity index (χ0v) is 9.98. The summed E-state index contributed by atoms with van der Waals surface area (Å²) < 4.78 is 2.29. The molecule has 0 aliphatic rings. The van der Waals surface area contributed by atoms with Gasteiger partial charge in [0.2, 0.25) is 0 Å². The van der Waals surface area contributed by atoms with E-state index in [-0.39, 0.29) is 0 Å². The van der Waals surface area contributed by atoms with Gasteiger partial charge in [0.25, 0.3) is 0 Å². The average molecular weight is 224 g/mol. The highest BCUT2D eigenvalue weighted by Crippen LogP contribution is 2.18. The van der Waals surface area contributed by atoms with Crippen molar-refractivity contribution in [3.63, 3.8) is 0 Å². The van der Waals surface area contributed by atoms with Crippen LogP contribution in [0.5, 0.6) is 0 Å². The van der Waals surface area contributed by atoms with Gasteiger partial charge in [-0.15, -0.1) is 0 Å². The van der Waals surface area contributed by atoms with Crippen molar-refractivity contribution in [2.75, 3.05) is 0 Å². The molecule has 3 rings (SSSR count). The fraction of sp³-hybridized carbons (Fsp3) is 0.200. The van der Waals surface area contributed by atoms with E-state index in [1.807, 2.05) is 0 Å². The van der Waals surface area contributed by atoms with Gasteiger partial charge in [0.1, 0.15) is 0 Å². The third kappa shape index (κ3) is 1.86. The van der Waals surface area contributed by atoms with E-state index in [1.165, 1.54) is 22.2 Å². The molecule has 0 atom stereocenters. The molecular formula is C15H16N2. The smallest absolute Gasteiger partial charge is 0.0456 e. The SMILES string of the molecule is Cc1cccn1CCc1c[nH]c2ccccc12. The number of H-pyrrole nitrogens is 1. The number of hydrogen-bond donors (Lipinski definition) is 1. The molecule has 1 aromatic carbocycles. The van der Waals surface area contributed by atoms with E-state index in [1.54, 1.807) is 0 Å². The Morgan fingerprint density at radius 3 is 2.82 bits per heavy atom. The molecule has 0 aliphatic heterocycles. The number of aryl methyl sites for hydroxylation is 3. The highest BCUT2D eigenvalue weighted by molar-refractivity contribution is 5.82. The van der Waals surface area contributed by atoms with Gasteiger partial charge in [0, 0.05) is 35.5 Å². The molecule has 2 aromatic heterocycles. The summed E-state index contributed by atoms with van der Waals surface area (Å²) in [6.45, 7) is 3.19. The number of hydrogen-bond acceptors (Lipinski definition) is 0. The number of fused-ring (bicyclic) bond motifs is 1. The maximum Gasteiger partial charge on any atom is 0.0456 e. The molecule has 2 nitrogen and oxygen atoms in total. The quantitative estimate of drug-likeness (QED) is 0.702. The van der Waals surface area contributed by atoms with Crippen molar-refractivity contribution in [3.05, 3.63) is 60.0 Å². The number of nitrogens with one attached hydrogen (secondary N) is 1. The lowest BCUT2D eigenvalue weighted by Gasteiger charge is -2.05. The maximum absolute atomic E-state index is 3.32. The normalized spacial score (nSPS) is 11.1. The lowest BCUT2D eigenvalue weighted by Crippen LogP contribution is -2.01. The second-order valence-corrected chi connectivity index (χ2v) is 4.45. The van der Waals surface area contributed by atoms with Gasteiger partial charge in [-0.3, -0.25) is 0 Å². The molecule has 17 heavy (non-hydrogen) atoms. The first kappa shape index (κ1) is 10.2. The summed E-state index contributed by atoms with van der Waals surface area (Å²) >= 11 is 0. The van der Waals surface area contributed by atoms with Crippen molar-refractivity contribution in [1.82, 2.24) is 9.55 Å². The Hall–Kier alpha value is -1.96. The summed E-state index contributed by atoms with van der Waals surface area (Å²) in [6, 6.07) is 12.7. The third-order valence-electron chi connectivity index (χ3n) is 3.35. The molecule has 0 amide bonds. The first-order valence-corrected chi connectivity index (χ1v) is 6.01. The van der Waals surface area contributed by atoms with Gasteiger partial charge in [-0.2, -0.15) is 0 Å². The van der Waals surface area contributed by atoms with Crippen LogP contribution in [0, 0.1) is 6.92 Å². The molecule has 0 saturated carbocycles. The lowest BCUT2D eigenvalue weighted by atomic mass is 10.1. The van der Waals surface area contributed by atoms with E-state index in [0.29, 0.717) is 0 Å². The monoisotopic (exact) mass is 224 g/mol. The van der Waals surface area contributed by atoms with Crippen molar-refractivity contribution in [3.8, 4) is 0 Å². The van der Waals surface area contributed by atoms with E-state index in [0.717, 1.165) is 13.0 Å². The maximum atomic E-state index is 3.32. The zero-order chi connectivity index (χ0) is 11.7. The molecule has 0 radical (unpaired) electrons. The highest BCUT2D eigenvalue weighted by atomic mass is 15.0. The van der Waals surface area contributed by atoms with Gasteiger partial charge < -0.3 is 9.55 Å². The standard InChI is InChI=1S/C15H16N2/c1-12-5-4-9-17(12)10-8-13-11-16-15-7-3-2-6-14(13)15/h2-7,9,11,16H,8,10H2,1H3. The predicted molar refractivity (Wildman–Crippen MR) is 71.2 cm³/mol. The van der Waals surface area contributed by atoms with Crippen LogP contribution < -0.4 is 0 Å². The Bertz CT molecular complexity index is 631. The molecule has 2 heterocycles. The number of aromatic nitrogens is 2. The Labute approximate surface area is 101 Å². The second-order valence-electron chi connectivity index (χ2n) is 4.45. The second kappa shape index (κ2) is 4.13. The Kier molecular flexibility index (Phi) is 2.48. The fourth-order valence-electron chi connectivity index (χ4n) is 2.33. The van der Waals surface area contributed by atoms with Crippen molar-refractivity contribution in [1.29, 1.82) is 0 Å². The van der Waals surface area contributed by atoms with Crippen LogP contribution in [0.25, 0.3) is 10.9 Å². The van der Waals surface area contributed by atoms with Gasteiger partial charge in [-0.25, -0.2) is 0 Å². The minimum Gasteiger partial charge on any atom is -0.361 e. The fourth-order valence-corrected chi connectivity index (χ4v) is 2.33. The van der Waals surface area contributed by atoms with Crippen molar-refractivity contribution in [2.24, 2.45) is 0 Å². The van der Waals surface area contributed by atoms with E-state index in [4.69, 9.17) is 0 Å². The van der Waals surface area contributed by atoms with Gasteiger partial charge in [-0.1, -0.05) is 18.2 Å². The van der Waals surface area contributed by atoms with Crippen LogP contribution in [-0.2, 0) is 13.0 Å². The van der Waals surface area contributed by atoms with Crippen LogP contribution in [0.2, 0.25) is 0 Å². The summed E-state index contributed by atoms with van der Waals surface area (Å²) in [5, 5.41) is 1.34. The van der Waals surface area contributed by atoms with Gasteiger partial charge in [0.05, 0.1) is 0 Å². The Morgan fingerprint density at radius 1 is 1.12 bits per heavy atom. The summed E-state index contributed by atoms with van der Waals surface area (Å²) in [7, 11) is 0. The summed E-state index contributed by atoms with van der Waals surface area (Å²) in [4.78, 5) is 3.32. The molecular weight excluding hydrogens is 208 g/mol. The Morgan fingerprint density at radius 2 is 2.00 bits per heavy atom. The minimum atomic E-state index is 1.04. The van der Waals surface area contributed by atoms with Crippen LogP contribution in [0.3, 0.4) is 0 Å². The topological polar surface area (TPSA) is 20.7 Å². The molecule has 0 spiro atoms. The van der Waals surface area contributed by atoms with Crippen LogP contribution in [0.1, 0.15) is 11.3 Å². The molecule has 2 heteroatoms. The lowest BCUT2D eigenvalue weighted by molar-refractivity contribution is 0.684. The number of aromatic amines is 1. The molecule has 0 aliphatic carbocycles. The number of nitrogens with zero attached hydrogens (tertiary/aromatic N) is 1. The first-order valence-electron chi connectivity index (χ1n) is 6.01. The number of rotatable bonds is 3. The number of benzene rings is 1. The van der Waals surface area contributed by atoms with E-state index in [9.17, 15) is 0 Å². The van der Waals surface area contributed by atoms with E-state index >= 15 is 0 Å². The van der Waals surface area contributed by atoms with Gasteiger partial charge in [-0.05, 0) is 37.1 Å². The average Bonchev–Trinajstić information content (AvgIpc) is 2.93. The van der Waals surface area contributed by atoms with Crippen LogP contribution in [0.4, 0.5) is 0 Å². The molecule has 0 bridgehead atoms. The largest absolute Gasteiger partial charge is 0.361 e. The van der Waals surface area contributed by atoms with Crippen molar-refractivity contribution >= 4 is 10.9 Å². The van der Waals surface area contributed by atoms with Gasteiger partial charge in [0.15, 0.2) is 0 Å².